The Morgan fingerprint density at radius 2 is 2.11 bits per heavy atom. The van der Waals surface area contributed by atoms with Crippen LogP contribution in [0.25, 0.3) is 0 Å². The van der Waals surface area contributed by atoms with E-state index >= 15 is 0 Å². The lowest BCUT2D eigenvalue weighted by Gasteiger charge is -2.10. The zero-order valence-corrected chi connectivity index (χ0v) is 11.1. The highest BCUT2D eigenvalue weighted by atomic mass is 32.2. The highest BCUT2D eigenvalue weighted by Gasteiger charge is 2.18. The average Bonchev–Trinajstić information content (AvgIpc) is 2.21. The van der Waals surface area contributed by atoms with Gasteiger partial charge in [0.05, 0.1) is 12.3 Å². The minimum atomic E-state index is -3.76. The summed E-state index contributed by atoms with van der Waals surface area (Å²) in [5.41, 5.74) is 7.18. The number of hydrogen-bond donors (Lipinski definition) is 2. The molecule has 1 aromatic carbocycles. The first-order valence-electron chi connectivity index (χ1n) is 5.36. The maximum Gasteiger partial charge on any atom is 0.323 e. The van der Waals surface area contributed by atoms with Crippen LogP contribution in [0.5, 0.6) is 0 Å². The van der Waals surface area contributed by atoms with Crippen molar-refractivity contribution in [1.82, 2.24) is 0 Å². The molecule has 0 radical (unpaired) electrons. The van der Waals surface area contributed by atoms with Crippen LogP contribution in [0.4, 0.5) is 11.4 Å². The van der Waals surface area contributed by atoms with Gasteiger partial charge >= 0.3 is 5.97 Å². The number of esters is 1. The molecule has 0 saturated carbocycles. The number of anilines is 2. The van der Waals surface area contributed by atoms with E-state index in [1.54, 1.807) is 32.0 Å². The van der Waals surface area contributed by atoms with Crippen molar-refractivity contribution in [3.63, 3.8) is 0 Å². The summed E-state index contributed by atoms with van der Waals surface area (Å²) in [7, 11) is -3.76. The Hall–Kier alpha value is -1.76. The monoisotopic (exact) mass is 272 g/mol. The molecule has 0 aliphatic heterocycles. The molecule has 1 aromatic rings. The third-order valence-electron chi connectivity index (χ3n) is 2.13. The molecule has 0 fully saturated rings. The van der Waals surface area contributed by atoms with Crippen LogP contribution in [-0.2, 0) is 19.6 Å². The number of benzene rings is 1. The second-order valence-corrected chi connectivity index (χ2v) is 5.46. The molecule has 1 rings (SSSR count). The van der Waals surface area contributed by atoms with Crippen LogP contribution in [0.15, 0.2) is 18.2 Å². The van der Waals surface area contributed by atoms with Crippen LogP contribution < -0.4 is 10.5 Å². The van der Waals surface area contributed by atoms with Gasteiger partial charge in [-0.2, -0.15) is 0 Å². The first kappa shape index (κ1) is 14.3. The molecule has 0 aliphatic carbocycles. The van der Waals surface area contributed by atoms with Gasteiger partial charge in [-0.25, -0.2) is 8.42 Å². The van der Waals surface area contributed by atoms with E-state index in [0.29, 0.717) is 16.9 Å². The predicted molar refractivity (Wildman–Crippen MR) is 69.6 cm³/mol. The fourth-order valence-electron chi connectivity index (χ4n) is 1.36. The van der Waals surface area contributed by atoms with Crippen molar-refractivity contribution in [2.24, 2.45) is 0 Å². The number of hydrogen-bond acceptors (Lipinski definition) is 5. The summed E-state index contributed by atoms with van der Waals surface area (Å²) < 4.78 is 30.3. The third kappa shape index (κ3) is 4.25. The molecule has 6 nitrogen and oxygen atoms in total. The Balaban J connectivity index is 2.79. The molecule has 100 valence electrons. The zero-order chi connectivity index (χ0) is 13.8. The van der Waals surface area contributed by atoms with Crippen molar-refractivity contribution in [3.8, 4) is 0 Å². The normalized spacial score (nSPS) is 11.0. The number of sulfonamides is 1. The molecule has 0 unspecified atom stereocenters. The average molecular weight is 272 g/mol. The van der Waals surface area contributed by atoms with E-state index in [4.69, 9.17) is 5.73 Å². The van der Waals surface area contributed by atoms with Crippen molar-refractivity contribution in [2.75, 3.05) is 22.8 Å². The molecular formula is C11H16N2O4S. The largest absolute Gasteiger partial charge is 0.465 e. The molecular weight excluding hydrogens is 256 g/mol. The Morgan fingerprint density at radius 1 is 1.44 bits per heavy atom. The minimum absolute atomic E-state index is 0.148. The lowest BCUT2D eigenvalue weighted by atomic mass is 10.2. The van der Waals surface area contributed by atoms with Crippen LogP contribution >= 0.6 is 0 Å². The Morgan fingerprint density at radius 3 is 2.67 bits per heavy atom. The number of rotatable bonds is 5. The van der Waals surface area contributed by atoms with Gasteiger partial charge in [0, 0.05) is 5.69 Å². The molecule has 0 amide bonds. The summed E-state index contributed by atoms with van der Waals surface area (Å²) in [5.74, 6) is -1.48. The first-order chi connectivity index (χ1) is 8.34. The SMILES string of the molecule is CCOC(=O)CS(=O)(=O)Nc1ccc(N)cc1C. The molecule has 0 saturated heterocycles. The smallest absolute Gasteiger partial charge is 0.323 e. The Kier molecular flexibility index (Phi) is 4.55. The number of carbonyl (C=O) groups excluding carboxylic acids is 1. The fraction of sp³-hybridized carbons (Fsp3) is 0.364. The number of nitrogens with two attached hydrogens (primary N) is 1. The van der Waals surface area contributed by atoms with Gasteiger partial charge in [-0.15, -0.1) is 0 Å². The minimum Gasteiger partial charge on any atom is -0.465 e. The van der Waals surface area contributed by atoms with E-state index in [1.807, 2.05) is 0 Å². The highest BCUT2D eigenvalue weighted by molar-refractivity contribution is 7.93. The van der Waals surface area contributed by atoms with Crippen LogP contribution in [0.3, 0.4) is 0 Å². The molecule has 7 heteroatoms. The lowest BCUT2D eigenvalue weighted by molar-refractivity contribution is -0.139. The van der Waals surface area contributed by atoms with Crippen LogP contribution in [0, 0.1) is 6.92 Å². The van der Waals surface area contributed by atoms with Crippen molar-refractivity contribution < 1.29 is 17.9 Å². The zero-order valence-electron chi connectivity index (χ0n) is 10.3. The lowest BCUT2D eigenvalue weighted by Crippen LogP contribution is -2.24. The Labute approximate surface area is 106 Å². The first-order valence-corrected chi connectivity index (χ1v) is 7.01. The molecule has 0 heterocycles. The van der Waals surface area contributed by atoms with E-state index in [9.17, 15) is 13.2 Å². The van der Waals surface area contributed by atoms with Gasteiger partial charge in [-0.05, 0) is 37.6 Å². The quantitative estimate of drug-likeness (QED) is 0.612. The van der Waals surface area contributed by atoms with Crippen molar-refractivity contribution in [1.29, 1.82) is 0 Å². The van der Waals surface area contributed by atoms with E-state index in [-0.39, 0.29) is 6.61 Å². The van der Waals surface area contributed by atoms with Gasteiger partial charge in [0.25, 0.3) is 0 Å². The number of carbonyl (C=O) groups is 1. The van der Waals surface area contributed by atoms with Gasteiger partial charge in [0.2, 0.25) is 10.0 Å². The molecule has 3 N–H and O–H groups in total. The molecule has 18 heavy (non-hydrogen) atoms. The summed E-state index contributed by atoms with van der Waals surface area (Å²) in [4.78, 5) is 11.1. The summed E-state index contributed by atoms with van der Waals surface area (Å²) in [6.45, 7) is 3.48. The van der Waals surface area contributed by atoms with Crippen molar-refractivity contribution in [3.05, 3.63) is 23.8 Å². The van der Waals surface area contributed by atoms with E-state index in [2.05, 4.69) is 9.46 Å². The highest BCUT2D eigenvalue weighted by Crippen LogP contribution is 2.18. The van der Waals surface area contributed by atoms with Gasteiger partial charge in [-0.1, -0.05) is 0 Å². The van der Waals surface area contributed by atoms with E-state index < -0.39 is 21.7 Å². The van der Waals surface area contributed by atoms with Crippen LogP contribution in [0.2, 0.25) is 0 Å². The van der Waals surface area contributed by atoms with Crippen molar-refractivity contribution >= 4 is 27.4 Å². The van der Waals surface area contributed by atoms with Crippen molar-refractivity contribution in [2.45, 2.75) is 13.8 Å². The molecule has 0 spiro atoms. The predicted octanol–water partition coefficient (Wildman–Crippen LogP) is 0.882. The number of aryl methyl sites for hydroxylation is 1. The number of ether oxygens (including phenoxy) is 1. The van der Waals surface area contributed by atoms with Crippen LogP contribution in [0.1, 0.15) is 12.5 Å². The molecule has 0 atom stereocenters. The van der Waals surface area contributed by atoms with E-state index in [0.717, 1.165) is 0 Å². The van der Waals surface area contributed by atoms with Gasteiger partial charge < -0.3 is 10.5 Å². The topological polar surface area (TPSA) is 98.5 Å². The fourth-order valence-corrected chi connectivity index (χ4v) is 2.39. The molecule has 0 bridgehead atoms. The molecule has 0 aliphatic rings. The summed E-state index contributed by atoms with van der Waals surface area (Å²) in [5, 5.41) is 0. The number of nitrogen functional groups attached to an aromatic ring is 1. The maximum absolute atomic E-state index is 11.7. The van der Waals surface area contributed by atoms with Gasteiger partial charge in [0.1, 0.15) is 0 Å². The standard InChI is InChI=1S/C11H16N2O4S/c1-3-17-11(14)7-18(15,16)13-10-5-4-9(12)6-8(10)2/h4-6,13H,3,7,12H2,1-2H3. The van der Waals surface area contributed by atoms with Crippen LogP contribution in [-0.4, -0.2) is 26.7 Å². The third-order valence-corrected chi connectivity index (χ3v) is 3.28. The van der Waals surface area contributed by atoms with Gasteiger partial charge in [0.15, 0.2) is 5.75 Å². The summed E-state index contributed by atoms with van der Waals surface area (Å²) in [6, 6.07) is 4.77. The number of nitrogens with one attached hydrogen (secondary N) is 1. The van der Waals surface area contributed by atoms with Gasteiger partial charge in [-0.3, -0.25) is 9.52 Å². The summed E-state index contributed by atoms with van der Waals surface area (Å²) >= 11 is 0. The second-order valence-electron chi connectivity index (χ2n) is 3.74. The summed E-state index contributed by atoms with van der Waals surface area (Å²) in [6.07, 6.45) is 0. The Bertz CT molecular complexity index is 540. The van der Waals surface area contributed by atoms with E-state index in [1.165, 1.54) is 0 Å². The molecule has 0 aromatic heterocycles. The second kappa shape index (κ2) is 5.72. The maximum atomic E-state index is 11.7.